The Kier molecular flexibility index (Phi) is 6.57. The van der Waals surface area contributed by atoms with E-state index in [2.05, 4.69) is 33.0 Å². The van der Waals surface area contributed by atoms with Gasteiger partial charge < -0.3 is 11.1 Å². The van der Waals surface area contributed by atoms with E-state index >= 15 is 0 Å². The molecule has 0 saturated heterocycles. The van der Waals surface area contributed by atoms with Gasteiger partial charge in [-0.05, 0) is 18.3 Å². The van der Waals surface area contributed by atoms with Crippen LogP contribution in [0.4, 0.5) is 0 Å². The monoisotopic (exact) mass is 214 g/mol. The van der Waals surface area contributed by atoms with Crippen molar-refractivity contribution in [1.29, 1.82) is 0 Å². The highest BCUT2D eigenvalue weighted by molar-refractivity contribution is 5.81. The molecule has 0 heterocycles. The van der Waals surface area contributed by atoms with Gasteiger partial charge in [0.1, 0.15) is 0 Å². The highest BCUT2D eigenvalue weighted by Crippen LogP contribution is 2.17. The van der Waals surface area contributed by atoms with Gasteiger partial charge in [-0.2, -0.15) is 0 Å². The fourth-order valence-corrected chi connectivity index (χ4v) is 1.14. The van der Waals surface area contributed by atoms with Gasteiger partial charge in [-0.3, -0.25) is 4.79 Å². The number of rotatable bonds is 7. The van der Waals surface area contributed by atoms with Gasteiger partial charge in [0.25, 0.3) is 0 Å². The first-order chi connectivity index (χ1) is 6.93. The summed E-state index contributed by atoms with van der Waals surface area (Å²) in [6.45, 7) is 9.23. The van der Waals surface area contributed by atoms with E-state index in [9.17, 15) is 4.79 Å². The van der Waals surface area contributed by atoms with E-state index in [0.29, 0.717) is 6.54 Å². The average Bonchev–Trinajstić information content (AvgIpc) is 2.22. The molecule has 0 radical (unpaired) electrons. The van der Waals surface area contributed by atoms with Crippen LogP contribution in [0.15, 0.2) is 0 Å². The molecule has 0 aromatic heterocycles. The number of hydrogen-bond donors (Lipinski definition) is 2. The Balaban J connectivity index is 3.82. The molecule has 90 valence electrons. The Labute approximate surface area is 93.8 Å². The van der Waals surface area contributed by atoms with Crippen LogP contribution in [0.2, 0.25) is 0 Å². The summed E-state index contributed by atoms with van der Waals surface area (Å²) in [7, 11) is 0. The third-order valence-electron chi connectivity index (χ3n) is 2.90. The van der Waals surface area contributed by atoms with E-state index in [1.807, 2.05) is 0 Å². The smallest absolute Gasteiger partial charge is 0.236 e. The molecule has 0 aromatic carbocycles. The maximum Gasteiger partial charge on any atom is 0.236 e. The SMILES string of the molecule is CCCC[C@H](N)C(=O)NCC(C)(C)CC. The van der Waals surface area contributed by atoms with Crippen LogP contribution in [0.3, 0.4) is 0 Å². The topological polar surface area (TPSA) is 55.1 Å². The fraction of sp³-hybridized carbons (Fsp3) is 0.917. The van der Waals surface area contributed by atoms with Gasteiger partial charge >= 0.3 is 0 Å². The van der Waals surface area contributed by atoms with Gasteiger partial charge in [0.15, 0.2) is 0 Å². The molecule has 15 heavy (non-hydrogen) atoms. The van der Waals surface area contributed by atoms with E-state index < -0.39 is 0 Å². The summed E-state index contributed by atoms with van der Waals surface area (Å²) in [6.07, 6.45) is 3.94. The van der Waals surface area contributed by atoms with Crippen molar-refractivity contribution in [2.24, 2.45) is 11.1 Å². The van der Waals surface area contributed by atoms with E-state index in [1.165, 1.54) is 0 Å². The van der Waals surface area contributed by atoms with Crippen molar-refractivity contribution in [1.82, 2.24) is 5.32 Å². The van der Waals surface area contributed by atoms with Gasteiger partial charge in [0.05, 0.1) is 6.04 Å². The molecule has 0 aromatic rings. The van der Waals surface area contributed by atoms with Crippen LogP contribution in [0.5, 0.6) is 0 Å². The molecule has 0 aliphatic heterocycles. The first-order valence-electron chi connectivity index (χ1n) is 5.96. The van der Waals surface area contributed by atoms with Crippen molar-refractivity contribution >= 4 is 5.91 Å². The highest BCUT2D eigenvalue weighted by atomic mass is 16.2. The van der Waals surface area contributed by atoms with Gasteiger partial charge in [-0.25, -0.2) is 0 Å². The molecular formula is C12H26N2O. The maximum absolute atomic E-state index is 11.6. The number of carbonyl (C=O) groups is 1. The number of amides is 1. The average molecular weight is 214 g/mol. The van der Waals surface area contributed by atoms with Crippen molar-refractivity contribution in [3.8, 4) is 0 Å². The third kappa shape index (κ3) is 6.50. The summed E-state index contributed by atoms with van der Waals surface area (Å²) in [5.74, 6) is -0.00928. The maximum atomic E-state index is 11.6. The summed E-state index contributed by atoms with van der Waals surface area (Å²) in [4.78, 5) is 11.6. The lowest BCUT2D eigenvalue weighted by Gasteiger charge is -2.24. The zero-order chi connectivity index (χ0) is 11.9. The van der Waals surface area contributed by atoms with Crippen LogP contribution >= 0.6 is 0 Å². The molecule has 3 heteroatoms. The van der Waals surface area contributed by atoms with Crippen LogP contribution in [0.25, 0.3) is 0 Å². The van der Waals surface area contributed by atoms with Crippen LogP contribution in [-0.2, 0) is 4.79 Å². The molecule has 0 aliphatic carbocycles. The van der Waals surface area contributed by atoms with E-state index in [0.717, 1.165) is 25.7 Å². The van der Waals surface area contributed by atoms with Crippen molar-refractivity contribution in [3.63, 3.8) is 0 Å². The van der Waals surface area contributed by atoms with Gasteiger partial charge in [-0.15, -0.1) is 0 Å². The zero-order valence-electron chi connectivity index (χ0n) is 10.6. The Bertz CT molecular complexity index is 190. The minimum atomic E-state index is -0.336. The molecular weight excluding hydrogens is 188 g/mol. The molecule has 0 rings (SSSR count). The van der Waals surface area contributed by atoms with Gasteiger partial charge in [0.2, 0.25) is 5.91 Å². The first kappa shape index (κ1) is 14.4. The minimum Gasteiger partial charge on any atom is -0.354 e. The summed E-state index contributed by atoms with van der Waals surface area (Å²) in [5.41, 5.74) is 5.93. The van der Waals surface area contributed by atoms with E-state index in [4.69, 9.17) is 5.73 Å². The van der Waals surface area contributed by atoms with Crippen molar-refractivity contribution in [2.75, 3.05) is 6.54 Å². The summed E-state index contributed by atoms with van der Waals surface area (Å²) < 4.78 is 0. The van der Waals surface area contributed by atoms with E-state index in [-0.39, 0.29) is 17.4 Å². The predicted octanol–water partition coefficient (Wildman–Crippen LogP) is 2.06. The molecule has 0 saturated carbocycles. The van der Waals surface area contributed by atoms with Gasteiger partial charge in [-0.1, -0.05) is 40.5 Å². The van der Waals surface area contributed by atoms with Crippen LogP contribution in [0.1, 0.15) is 53.4 Å². The molecule has 0 aliphatic rings. The molecule has 0 unspecified atom stereocenters. The second-order valence-electron chi connectivity index (χ2n) is 4.98. The molecule has 1 atom stereocenters. The summed E-state index contributed by atoms with van der Waals surface area (Å²) >= 11 is 0. The fourth-order valence-electron chi connectivity index (χ4n) is 1.14. The second-order valence-corrected chi connectivity index (χ2v) is 4.98. The largest absolute Gasteiger partial charge is 0.354 e. The van der Waals surface area contributed by atoms with Crippen molar-refractivity contribution in [3.05, 3.63) is 0 Å². The molecule has 0 bridgehead atoms. The lowest BCUT2D eigenvalue weighted by atomic mass is 9.90. The van der Waals surface area contributed by atoms with E-state index in [1.54, 1.807) is 0 Å². The molecule has 3 N–H and O–H groups in total. The Hall–Kier alpha value is -0.570. The predicted molar refractivity (Wildman–Crippen MR) is 64.6 cm³/mol. The third-order valence-corrected chi connectivity index (χ3v) is 2.90. The zero-order valence-corrected chi connectivity index (χ0v) is 10.6. The standard InChI is InChI=1S/C12H26N2O/c1-5-7-8-10(13)11(15)14-9-12(3,4)6-2/h10H,5-9,13H2,1-4H3,(H,14,15)/t10-/m0/s1. The first-order valence-corrected chi connectivity index (χ1v) is 5.96. The summed E-state index contributed by atoms with van der Waals surface area (Å²) in [5, 5.41) is 2.92. The van der Waals surface area contributed by atoms with Crippen LogP contribution in [0, 0.1) is 5.41 Å². The number of nitrogens with two attached hydrogens (primary N) is 1. The lowest BCUT2D eigenvalue weighted by molar-refractivity contribution is -0.123. The van der Waals surface area contributed by atoms with Gasteiger partial charge in [0, 0.05) is 6.54 Å². The van der Waals surface area contributed by atoms with Crippen molar-refractivity contribution in [2.45, 2.75) is 59.4 Å². The number of hydrogen-bond acceptors (Lipinski definition) is 2. The van der Waals surface area contributed by atoms with Crippen LogP contribution in [-0.4, -0.2) is 18.5 Å². The molecule has 1 amide bonds. The number of unbranched alkanes of at least 4 members (excludes halogenated alkanes) is 1. The second kappa shape index (κ2) is 6.83. The molecule has 3 nitrogen and oxygen atoms in total. The van der Waals surface area contributed by atoms with Crippen molar-refractivity contribution < 1.29 is 4.79 Å². The van der Waals surface area contributed by atoms with Crippen LogP contribution < -0.4 is 11.1 Å². The normalized spacial score (nSPS) is 13.7. The molecule has 0 spiro atoms. The Morgan fingerprint density at radius 1 is 1.40 bits per heavy atom. The quantitative estimate of drug-likeness (QED) is 0.681. The lowest BCUT2D eigenvalue weighted by Crippen LogP contribution is -2.43. The summed E-state index contributed by atoms with van der Waals surface area (Å²) in [6, 6.07) is -0.336. The Morgan fingerprint density at radius 3 is 2.47 bits per heavy atom. The molecule has 0 fully saturated rings. The number of carbonyl (C=O) groups excluding carboxylic acids is 1. The Morgan fingerprint density at radius 2 is 2.00 bits per heavy atom. The highest BCUT2D eigenvalue weighted by Gasteiger charge is 2.18. The number of nitrogens with one attached hydrogen (secondary N) is 1. The minimum absolute atomic E-state index is 0.00928.